The largest absolute Gasteiger partial charge is 0.380 e. The lowest BCUT2D eigenvalue weighted by molar-refractivity contribution is -0.139. The average Bonchev–Trinajstić information content (AvgIpc) is 2.48. The lowest BCUT2D eigenvalue weighted by atomic mass is 9.84. The maximum Gasteiger partial charge on any atom is 0.252 e. The van der Waals surface area contributed by atoms with E-state index < -0.39 is 55.2 Å². The number of alkyl halides is 2. The molecule has 0 aromatic rings. The van der Waals surface area contributed by atoms with Crippen LogP contribution in [0.15, 0.2) is 0 Å². The van der Waals surface area contributed by atoms with Gasteiger partial charge in [-0.25, -0.2) is 8.78 Å². The highest BCUT2D eigenvalue weighted by Crippen LogP contribution is 2.26. The van der Waals surface area contributed by atoms with E-state index in [1.165, 1.54) is 14.2 Å². The van der Waals surface area contributed by atoms with Gasteiger partial charge >= 0.3 is 0 Å². The molecule has 6 N–H and O–H groups in total. The Morgan fingerprint density at radius 2 is 2.00 bits per heavy atom. The van der Waals surface area contributed by atoms with Gasteiger partial charge in [-0.3, -0.25) is 4.79 Å². The summed E-state index contributed by atoms with van der Waals surface area (Å²) in [6.45, 7) is -0.510. The molecule has 0 saturated heterocycles. The van der Waals surface area contributed by atoms with Crippen molar-refractivity contribution >= 4 is 5.91 Å². The molecule has 124 valence electrons. The van der Waals surface area contributed by atoms with Gasteiger partial charge in [0.1, 0.15) is 24.6 Å². The number of ether oxygens (including phenoxy) is 2. The standard InChI is InChI=1S/C12H23F2N3O4/c1-20-10-6(16)3-7(8(14)11(10)21-2)17-12(19)9(18)5(13)4-15/h5-11,18H,3-4,15-16H2,1-2H3,(H,17,19)/t5?,6-,7+,8?,9?,10+,11+/m0/s1. The van der Waals surface area contributed by atoms with E-state index in [9.17, 15) is 18.7 Å². The van der Waals surface area contributed by atoms with Crippen molar-refractivity contribution in [1.29, 1.82) is 0 Å². The fraction of sp³-hybridized carbons (Fsp3) is 0.917. The van der Waals surface area contributed by atoms with E-state index in [-0.39, 0.29) is 6.42 Å². The van der Waals surface area contributed by atoms with Crippen molar-refractivity contribution in [2.45, 2.75) is 49.2 Å². The van der Waals surface area contributed by atoms with Gasteiger partial charge < -0.3 is 31.4 Å². The fourth-order valence-corrected chi connectivity index (χ4v) is 2.48. The highest BCUT2D eigenvalue weighted by molar-refractivity contribution is 5.81. The minimum Gasteiger partial charge on any atom is -0.380 e. The number of nitrogens with two attached hydrogens (primary N) is 2. The van der Waals surface area contributed by atoms with Crippen molar-refractivity contribution in [3.8, 4) is 0 Å². The first kappa shape index (κ1) is 18.2. The molecule has 9 heteroatoms. The van der Waals surface area contributed by atoms with Crippen LogP contribution >= 0.6 is 0 Å². The molecule has 0 heterocycles. The number of rotatable bonds is 6. The number of carbonyl (C=O) groups is 1. The predicted molar refractivity (Wildman–Crippen MR) is 71.0 cm³/mol. The quantitative estimate of drug-likeness (QED) is 0.461. The van der Waals surface area contributed by atoms with Gasteiger partial charge in [-0.15, -0.1) is 0 Å². The number of hydrogen-bond donors (Lipinski definition) is 4. The first-order valence-corrected chi connectivity index (χ1v) is 6.65. The summed E-state index contributed by atoms with van der Waals surface area (Å²) in [6, 6.07) is -1.56. The average molecular weight is 311 g/mol. The van der Waals surface area contributed by atoms with Crippen LogP contribution < -0.4 is 16.8 Å². The number of halogens is 2. The van der Waals surface area contributed by atoms with E-state index in [2.05, 4.69) is 5.32 Å². The molecular formula is C12H23F2N3O4. The molecule has 0 bridgehead atoms. The van der Waals surface area contributed by atoms with E-state index in [0.717, 1.165) is 0 Å². The topological polar surface area (TPSA) is 120 Å². The van der Waals surface area contributed by atoms with E-state index in [4.69, 9.17) is 20.9 Å². The van der Waals surface area contributed by atoms with E-state index in [1.54, 1.807) is 0 Å². The monoisotopic (exact) mass is 311 g/mol. The van der Waals surface area contributed by atoms with Crippen molar-refractivity contribution in [1.82, 2.24) is 5.32 Å². The van der Waals surface area contributed by atoms with Crippen molar-refractivity contribution in [2.75, 3.05) is 20.8 Å². The van der Waals surface area contributed by atoms with Crippen LogP contribution in [-0.4, -0.2) is 74.5 Å². The third-order valence-corrected chi connectivity index (χ3v) is 3.68. The molecule has 0 aromatic carbocycles. The SMILES string of the molecule is CO[C@H]1[C@H](OC)C(F)[C@H](NC(=O)C(O)C(F)CN)C[C@@H]1N. The summed E-state index contributed by atoms with van der Waals surface area (Å²) in [6.07, 6.45) is -6.98. The number of amides is 1. The van der Waals surface area contributed by atoms with Crippen molar-refractivity contribution in [3.05, 3.63) is 0 Å². The van der Waals surface area contributed by atoms with Crippen molar-refractivity contribution in [2.24, 2.45) is 11.5 Å². The van der Waals surface area contributed by atoms with Gasteiger partial charge in [-0.2, -0.15) is 0 Å². The first-order valence-electron chi connectivity index (χ1n) is 6.65. The van der Waals surface area contributed by atoms with Gasteiger partial charge in [0.05, 0.1) is 6.04 Å². The number of hydrogen-bond acceptors (Lipinski definition) is 6. The summed E-state index contributed by atoms with van der Waals surface area (Å²) in [5, 5.41) is 11.7. The zero-order valence-electron chi connectivity index (χ0n) is 12.0. The Hall–Kier alpha value is -0.870. The fourth-order valence-electron chi connectivity index (χ4n) is 2.48. The summed E-state index contributed by atoms with van der Waals surface area (Å²) in [5.74, 6) is -1.03. The normalized spacial score (nSPS) is 36.0. The zero-order valence-corrected chi connectivity index (χ0v) is 12.0. The Labute approximate surface area is 121 Å². The van der Waals surface area contributed by atoms with Crippen molar-refractivity contribution in [3.63, 3.8) is 0 Å². The van der Waals surface area contributed by atoms with Gasteiger partial charge in [0.15, 0.2) is 6.10 Å². The van der Waals surface area contributed by atoms with Gasteiger partial charge in [0.25, 0.3) is 5.91 Å². The number of aliphatic hydroxyl groups excluding tert-OH is 1. The highest BCUT2D eigenvalue weighted by atomic mass is 19.1. The van der Waals surface area contributed by atoms with Crippen LogP contribution in [0.3, 0.4) is 0 Å². The van der Waals surface area contributed by atoms with Crippen LogP contribution in [0.4, 0.5) is 8.78 Å². The molecule has 0 spiro atoms. The third kappa shape index (κ3) is 4.07. The minimum atomic E-state index is -1.94. The van der Waals surface area contributed by atoms with Gasteiger partial charge in [0.2, 0.25) is 0 Å². The van der Waals surface area contributed by atoms with E-state index in [0.29, 0.717) is 0 Å². The Balaban J connectivity index is 2.73. The molecule has 1 fully saturated rings. The molecule has 21 heavy (non-hydrogen) atoms. The maximum absolute atomic E-state index is 14.4. The zero-order chi connectivity index (χ0) is 16.2. The molecular weight excluding hydrogens is 288 g/mol. The molecule has 0 radical (unpaired) electrons. The molecule has 3 unspecified atom stereocenters. The Morgan fingerprint density at radius 1 is 1.43 bits per heavy atom. The summed E-state index contributed by atoms with van der Waals surface area (Å²) in [7, 11) is 2.70. The van der Waals surface area contributed by atoms with Crippen LogP contribution in [0, 0.1) is 0 Å². The second-order valence-electron chi connectivity index (χ2n) is 5.06. The molecule has 1 saturated carbocycles. The van der Waals surface area contributed by atoms with Crippen LogP contribution in [0.2, 0.25) is 0 Å². The molecule has 0 aliphatic heterocycles. The van der Waals surface area contributed by atoms with E-state index in [1.807, 2.05) is 0 Å². The van der Waals surface area contributed by atoms with Crippen LogP contribution in [-0.2, 0) is 14.3 Å². The molecule has 1 aliphatic carbocycles. The number of aliphatic hydroxyl groups is 1. The lowest BCUT2D eigenvalue weighted by Gasteiger charge is -2.41. The van der Waals surface area contributed by atoms with Gasteiger partial charge in [-0.1, -0.05) is 0 Å². The first-order chi connectivity index (χ1) is 9.87. The second-order valence-corrected chi connectivity index (χ2v) is 5.06. The molecule has 7 nitrogen and oxygen atoms in total. The summed E-state index contributed by atoms with van der Waals surface area (Å²) >= 11 is 0. The smallest absolute Gasteiger partial charge is 0.252 e. The third-order valence-electron chi connectivity index (χ3n) is 3.68. The molecule has 7 atom stereocenters. The molecule has 1 amide bonds. The van der Waals surface area contributed by atoms with Crippen LogP contribution in [0.5, 0.6) is 0 Å². The summed E-state index contributed by atoms with van der Waals surface area (Å²) < 4.78 is 37.7. The van der Waals surface area contributed by atoms with Gasteiger partial charge in [-0.05, 0) is 6.42 Å². The lowest BCUT2D eigenvalue weighted by Crippen LogP contribution is -2.63. The Bertz CT molecular complexity index is 350. The summed E-state index contributed by atoms with van der Waals surface area (Å²) in [5.41, 5.74) is 10.9. The summed E-state index contributed by atoms with van der Waals surface area (Å²) in [4.78, 5) is 11.7. The maximum atomic E-state index is 14.4. The second kappa shape index (κ2) is 7.95. The molecule has 0 aromatic heterocycles. The molecule has 1 rings (SSSR count). The van der Waals surface area contributed by atoms with Gasteiger partial charge in [0, 0.05) is 26.8 Å². The Morgan fingerprint density at radius 3 is 2.48 bits per heavy atom. The van der Waals surface area contributed by atoms with Crippen LogP contribution in [0.25, 0.3) is 0 Å². The number of carbonyl (C=O) groups excluding carboxylic acids is 1. The Kier molecular flexibility index (Phi) is 6.88. The predicted octanol–water partition coefficient (Wildman–Crippen LogP) is -1.77. The number of nitrogens with one attached hydrogen (secondary N) is 1. The number of methoxy groups -OCH3 is 2. The van der Waals surface area contributed by atoms with Crippen LogP contribution in [0.1, 0.15) is 6.42 Å². The van der Waals surface area contributed by atoms with Crippen molar-refractivity contribution < 1.29 is 28.2 Å². The highest BCUT2D eigenvalue weighted by Gasteiger charge is 2.45. The molecule has 1 aliphatic rings. The minimum absolute atomic E-state index is 0.0809. The van der Waals surface area contributed by atoms with E-state index >= 15 is 0 Å².